The molecule has 4 heteroatoms. The highest BCUT2D eigenvalue weighted by Crippen LogP contribution is 2.18. The van der Waals surface area contributed by atoms with Gasteiger partial charge in [-0.15, -0.1) is 0 Å². The summed E-state index contributed by atoms with van der Waals surface area (Å²) in [7, 11) is 0. The molecule has 0 radical (unpaired) electrons. The highest BCUT2D eigenvalue weighted by atomic mass is 35.5. The maximum Gasteiger partial charge on any atom is 0.278 e. The number of halogens is 1. The number of benzene rings is 3. The van der Waals surface area contributed by atoms with Crippen LogP contribution in [0, 0.1) is 0 Å². The Bertz CT molecular complexity index is 828. The van der Waals surface area contributed by atoms with E-state index in [-0.39, 0.29) is 18.0 Å². The minimum absolute atomic E-state index is 0.00761. The van der Waals surface area contributed by atoms with Gasteiger partial charge in [-0.3, -0.25) is 4.79 Å². The second-order valence-corrected chi connectivity index (χ2v) is 7.00. The van der Waals surface area contributed by atoms with Gasteiger partial charge in [-0.1, -0.05) is 90.5 Å². The summed E-state index contributed by atoms with van der Waals surface area (Å²) in [5.41, 5.74) is 3.27. The fraction of sp³-hybridized carbons (Fsp3) is 0.174. The van der Waals surface area contributed by atoms with Gasteiger partial charge in [0.2, 0.25) is 0 Å². The van der Waals surface area contributed by atoms with Crippen molar-refractivity contribution in [3.63, 3.8) is 0 Å². The number of hydrogen-bond donors (Lipinski definition) is 2. The number of hydrogen-bond acceptors (Lipinski definition) is 1. The standard InChI is InChI=1S/C23H23ClN2O/c1-17(23(27)25-16-20-14-8-9-15-21(20)24)26-22(18-10-4-2-5-11-18)19-12-6-3-7-13-19/h2-15,17,22,26H,16H2,1H3,(H,25,27)/p+1/t17-/m1/s1. The second kappa shape index (κ2) is 9.36. The average molecular weight is 380 g/mol. The third-order valence-corrected chi connectivity index (χ3v) is 4.99. The van der Waals surface area contributed by atoms with Crippen LogP contribution in [-0.2, 0) is 11.3 Å². The molecule has 0 aliphatic carbocycles. The van der Waals surface area contributed by atoms with Crippen LogP contribution in [0.1, 0.15) is 29.7 Å². The molecule has 0 spiro atoms. The van der Waals surface area contributed by atoms with Crippen LogP contribution in [0.25, 0.3) is 0 Å². The molecule has 3 nitrogen and oxygen atoms in total. The second-order valence-electron chi connectivity index (χ2n) is 6.59. The van der Waals surface area contributed by atoms with Crippen molar-refractivity contribution in [1.29, 1.82) is 0 Å². The molecule has 1 amide bonds. The van der Waals surface area contributed by atoms with Gasteiger partial charge in [-0.2, -0.15) is 0 Å². The van der Waals surface area contributed by atoms with E-state index in [9.17, 15) is 4.79 Å². The van der Waals surface area contributed by atoms with E-state index in [0.29, 0.717) is 11.6 Å². The monoisotopic (exact) mass is 379 g/mol. The van der Waals surface area contributed by atoms with E-state index >= 15 is 0 Å². The predicted molar refractivity (Wildman–Crippen MR) is 109 cm³/mol. The van der Waals surface area contributed by atoms with E-state index in [1.807, 2.05) is 67.6 Å². The Balaban J connectivity index is 1.70. The molecule has 3 aromatic rings. The fourth-order valence-electron chi connectivity index (χ4n) is 3.10. The Labute approximate surface area is 165 Å². The third-order valence-electron chi connectivity index (χ3n) is 4.62. The lowest BCUT2D eigenvalue weighted by atomic mass is 9.98. The van der Waals surface area contributed by atoms with Crippen LogP contribution in [0.3, 0.4) is 0 Å². The Morgan fingerprint density at radius 2 is 1.41 bits per heavy atom. The molecule has 0 saturated carbocycles. The minimum atomic E-state index is -0.238. The topological polar surface area (TPSA) is 45.7 Å². The zero-order valence-electron chi connectivity index (χ0n) is 15.3. The number of carbonyl (C=O) groups excluding carboxylic acids is 1. The number of rotatable bonds is 7. The van der Waals surface area contributed by atoms with Crippen molar-refractivity contribution in [3.05, 3.63) is 107 Å². The smallest absolute Gasteiger partial charge is 0.278 e. The van der Waals surface area contributed by atoms with Gasteiger partial charge in [-0.25, -0.2) is 0 Å². The van der Waals surface area contributed by atoms with Crippen molar-refractivity contribution < 1.29 is 10.1 Å². The first-order chi connectivity index (χ1) is 13.1. The Kier molecular flexibility index (Phi) is 6.64. The maximum atomic E-state index is 12.6. The molecule has 0 aliphatic rings. The van der Waals surface area contributed by atoms with Crippen molar-refractivity contribution >= 4 is 17.5 Å². The van der Waals surface area contributed by atoms with Gasteiger partial charge in [0.05, 0.1) is 0 Å². The van der Waals surface area contributed by atoms with Crippen LogP contribution in [-0.4, -0.2) is 11.9 Å². The maximum absolute atomic E-state index is 12.6. The van der Waals surface area contributed by atoms with Gasteiger partial charge in [0.15, 0.2) is 6.04 Å². The molecule has 3 aromatic carbocycles. The lowest BCUT2D eigenvalue weighted by Crippen LogP contribution is -2.92. The highest BCUT2D eigenvalue weighted by Gasteiger charge is 2.24. The number of carbonyl (C=O) groups is 1. The molecule has 0 saturated heterocycles. The summed E-state index contributed by atoms with van der Waals surface area (Å²) in [6, 6.07) is 27.9. The van der Waals surface area contributed by atoms with Gasteiger partial charge in [0.1, 0.15) is 6.04 Å². The van der Waals surface area contributed by atoms with Crippen molar-refractivity contribution in [3.8, 4) is 0 Å². The van der Waals surface area contributed by atoms with E-state index in [1.165, 1.54) is 11.1 Å². The summed E-state index contributed by atoms with van der Waals surface area (Å²) in [4.78, 5) is 12.6. The van der Waals surface area contributed by atoms with Crippen LogP contribution in [0.15, 0.2) is 84.9 Å². The molecule has 138 valence electrons. The number of amides is 1. The average Bonchev–Trinajstić information content (AvgIpc) is 2.72. The van der Waals surface area contributed by atoms with Gasteiger partial charge >= 0.3 is 0 Å². The Morgan fingerprint density at radius 1 is 0.889 bits per heavy atom. The molecule has 0 fully saturated rings. The molecule has 0 bridgehead atoms. The lowest BCUT2D eigenvalue weighted by Gasteiger charge is -2.21. The van der Waals surface area contributed by atoms with E-state index in [2.05, 4.69) is 34.9 Å². The number of nitrogens with two attached hydrogens (primary N) is 1. The summed E-state index contributed by atoms with van der Waals surface area (Å²) in [5, 5.41) is 5.76. The third kappa shape index (κ3) is 5.19. The summed E-state index contributed by atoms with van der Waals surface area (Å²) >= 11 is 6.17. The normalized spacial score (nSPS) is 12.0. The van der Waals surface area contributed by atoms with Crippen molar-refractivity contribution in [2.75, 3.05) is 0 Å². The fourth-order valence-corrected chi connectivity index (χ4v) is 3.30. The quantitative estimate of drug-likeness (QED) is 0.646. The summed E-state index contributed by atoms with van der Waals surface area (Å²) < 4.78 is 0. The van der Waals surface area contributed by atoms with Crippen LogP contribution in [0.5, 0.6) is 0 Å². The van der Waals surface area contributed by atoms with Crippen LogP contribution >= 0.6 is 11.6 Å². The van der Waals surface area contributed by atoms with E-state index < -0.39 is 0 Å². The molecule has 0 unspecified atom stereocenters. The van der Waals surface area contributed by atoms with Gasteiger partial charge in [0, 0.05) is 22.7 Å². The van der Waals surface area contributed by atoms with E-state index in [4.69, 9.17) is 11.6 Å². The Hall–Kier alpha value is -2.62. The molecule has 1 atom stereocenters. The summed E-state index contributed by atoms with van der Waals surface area (Å²) in [5.74, 6) is -0.00761. The number of nitrogens with one attached hydrogen (secondary N) is 1. The van der Waals surface area contributed by atoms with Crippen LogP contribution in [0.2, 0.25) is 5.02 Å². The van der Waals surface area contributed by atoms with Crippen molar-refractivity contribution in [1.82, 2.24) is 5.32 Å². The summed E-state index contributed by atoms with van der Waals surface area (Å²) in [6.07, 6.45) is 0. The first-order valence-corrected chi connectivity index (χ1v) is 9.49. The van der Waals surface area contributed by atoms with E-state index in [1.54, 1.807) is 0 Å². The highest BCUT2D eigenvalue weighted by molar-refractivity contribution is 6.31. The molecular formula is C23H24ClN2O+. The zero-order valence-corrected chi connectivity index (χ0v) is 16.1. The zero-order chi connectivity index (χ0) is 19.1. The van der Waals surface area contributed by atoms with Gasteiger partial charge in [0.25, 0.3) is 5.91 Å². The first-order valence-electron chi connectivity index (χ1n) is 9.11. The molecule has 0 aromatic heterocycles. The SMILES string of the molecule is C[C@@H]([NH2+]C(c1ccccc1)c1ccccc1)C(=O)NCc1ccccc1Cl. The van der Waals surface area contributed by atoms with Gasteiger partial charge < -0.3 is 10.6 Å². The molecule has 27 heavy (non-hydrogen) atoms. The predicted octanol–water partition coefficient (Wildman–Crippen LogP) is 3.70. The first kappa shape index (κ1) is 19.2. The van der Waals surface area contributed by atoms with E-state index in [0.717, 1.165) is 5.56 Å². The van der Waals surface area contributed by atoms with Crippen LogP contribution in [0.4, 0.5) is 0 Å². The molecule has 0 heterocycles. The molecule has 3 rings (SSSR count). The number of quaternary nitrogens is 1. The van der Waals surface area contributed by atoms with Gasteiger partial charge in [-0.05, 0) is 18.6 Å². The minimum Gasteiger partial charge on any atom is -0.347 e. The summed E-state index contributed by atoms with van der Waals surface area (Å²) in [6.45, 7) is 2.36. The molecular weight excluding hydrogens is 356 g/mol. The Morgan fingerprint density at radius 3 is 1.96 bits per heavy atom. The van der Waals surface area contributed by atoms with Crippen molar-refractivity contribution in [2.24, 2.45) is 0 Å². The van der Waals surface area contributed by atoms with Crippen molar-refractivity contribution in [2.45, 2.75) is 25.6 Å². The largest absolute Gasteiger partial charge is 0.347 e. The molecule has 3 N–H and O–H groups in total. The molecule has 0 aliphatic heterocycles. The van der Waals surface area contributed by atoms with Crippen LogP contribution < -0.4 is 10.6 Å². The lowest BCUT2D eigenvalue weighted by molar-refractivity contribution is -0.704.